The van der Waals surface area contributed by atoms with Crippen LogP contribution in [0.1, 0.15) is 18.5 Å². The molecule has 122 valence electrons. The number of hydrogen-bond acceptors (Lipinski definition) is 3. The number of halogens is 2. The van der Waals surface area contributed by atoms with Crippen molar-refractivity contribution >= 4 is 23.3 Å². The molecule has 0 fully saturated rings. The van der Waals surface area contributed by atoms with Crippen molar-refractivity contribution in [2.75, 3.05) is 13.7 Å². The highest BCUT2D eigenvalue weighted by atomic mass is 32.1. The molecular weight excluding hydrogens is 322 g/mol. The Labute approximate surface area is 138 Å². The van der Waals surface area contributed by atoms with Crippen molar-refractivity contribution in [2.45, 2.75) is 13.0 Å². The second kappa shape index (κ2) is 6.87. The Bertz CT molecular complexity index is 703. The molecule has 1 aliphatic heterocycles. The number of carbonyl (C=O) groups is 1. The lowest BCUT2D eigenvalue weighted by Gasteiger charge is -2.37. The van der Waals surface area contributed by atoms with E-state index in [2.05, 4.69) is 11.9 Å². The normalized spacial score (nSPS) is 17.8. The van der Waals surface area contributed by atoms with E-state index in [1.165, 1.54) is 13.2 Å². The van der Waals surface area contributed by atoms with Gasteiger partial charge in [0.2, 0.25) is 0 Å². The number of ether oxygens (including phenoxy) is 1. The molecule has 1 aliphatic rings. The van der Waals surface area contributed by atoms with Gasteiger partial charge in [-0.15, -0.1) is 6.58 Å². The van der Waals surface area contributed by atoms with E-state index < -0.39 is 23.6 Å². The molecule has 1 aromatic carbocycles. The summed E-state index contributed by atoms with van der Waals surface area (Å²) in [5.41, 5.74) is 0.870. The molecule has 0 saturated carbocycles. The van der Waals surface area contributed by atoms with E-state index in [-0.39, 0.29) is 11.1 Å². The maximum absolute atomic E-state index is 14.1. The molecule has 0 aliphatic carbocycles. The summed E-state index contributed by atoms with van der Waals surface area (Å²) < 4.78 is 32.1. The number of nitrogens with zero attached hydrogens (tertiary/aromatic N) is 1. The average Bonchev–Trinajstić information content (AvgIpc) is 2.50. The van der Waals surface area contributed by atoms with Gasteiger partial charge in [-0.3, -0.25) is 0 Å². The van der Waals surface area contributed by atoms with Gasteiger partial charge in [0.25, 0.3) is 0 Å². The first-order valence-corrected chi connectivity index (χ1v) is 7.24. The van der Waals surface area contributed by atoms with Crippen LogP contribution in [0, 0.1) is 11.6 Å². The third kappa shape index (κ3) is 3.24. The summed E-state index contributed by atoms with van der Waals surface area (Å²) in [4.78, 5) is 13.8. The minimum atomic E-state index is -0.850. The van der Waals surface area contributed by atoms with Gasteiger partial charge in [0.1, 0.15) is 11.6 Å². The van der Waals surface area contributed by atoms with Gasteiger partial charge in [-0.05, 0) is 25.2 Å². The second-order valence-corrected chi connectivity index (χ2v) is 5.32. The minimum absolute atomic E-state index is 0.117. The molecule has 7 heteroatoms. The molecular formula is C16H16F2N2O2S. The van der Waals surface area contributed by atoms with E-state index in [0.29, 0.717) is 17.4 Å². The van der Waals surface area contributed by atoms with Crippen LogP contribution in [0.2, 0.25) is 0 Å². The smallest absolute Gasteiger partial charge is 0.337 e. The SMILES string of the molecule is C=CCN1C(=S)N[C@H](c2ccc(F)cc2F)C(C(=O)OC)=C1C. The Balaban J connectivity index is 2.59. The van der Waals surface area contributed by atoms with Gasteiger partial charge < -0.3 is 15.0 Å². The number of carbonyl (C=O) groups excluding carboxylic acids is 1. The zero-order valence-corrected chi connectivity index (χ0v) is 13.5. The van der Waals surface area contributed by atoms with Gasteiger partial charge in [-0.25, -0.2) is 13.6 Å². The number of esters is 1. The summed E-state index contributed by atoms with van der Waals surface area (Å²) >= 11 is 5.28. The molecule has 0 spiro atoms. The monoisotopic (exact) mass is 338 g/mol. The highest BCUT2D eigenvalue weighted by molar-refractivity contribution is 7.80. The summed E-state index contributed by atoms with van der Waals surface area (Å²) in [5, 5.41) is 3.23. The van der Waals surface area contributed by atoms with Crippen molar-refractivity contribution in [3.8, 4) is 0 Å². The number of hydrogen-bond donors (Lipinski definition) is 1. The van der Waals surface area contributed by atoms with Crippen molar-refractivity contribution in [2.24, 2.45) is 0 Å². The first-order chi connectivity index (χ1) is 10.9. The first kappa shape index (κ1) is 17.1. The fourth-order valence-electron chi connectivity index (χ4n) is 2.47. The molecule has 0 radical (unpaired) electrons. The highest BCUT2D eigenvalue weighted by Gasteiger charge is 2.35. The minimum Gasteiger partial charge on any atom is -0.466 e. The van der Waals surface area contributed by atoms with Gasteiger partial charge >= 0.3 is 5.97 Å². The third-order valence-electron chi connectivity index (χ3n) is 3.59. The zero-order valence-electron chi connectivity index (χ0n) is 12.7. The second-order valence-electron chi connectivity index (χ2n) is 4.94. The summed E-state index contributed by atoms with van der Waals surface area (Å²) in [6.07, 6.45) is 1.63. The fourth-order valence-corrected chi connectivity index (χ4v) is 2.80. The standard InChI is InChI=1S/C16H16F2N2O2S/c1-4-7-20-9(2)13(15(21)22-3)14(19-16(20)23)11-6-5-10(17)8-12(11)18/h4-6,8,14H,1,7H2,2-3H3,(H,19,23)/t14-/m1/s1. The lowest BCUT2D eigenvalue weighted by molar-refractivity contribution is -0.136. The molecule has 0 unspecified atom stereocenters. The van der Waals surface area contributed by atoms with E-state index >= 15 is 0 Å². The van der Waals surface area contributed by atoms with E-state index in [1.54, 1.807) is 17.9 Å². The summed E-state index contributed by atoms with van der Waals surface area (Å²) in [7, 11) is 1.24. The molecule has 4 nitrogen and oxygen atoms in total. The van der Waals surface area contributed by atoms with E-state index in [1.807, 2.05) is 0 Å². The third-order valence-corrected chi connectivity index (χ3v) is 3.93. The van der Waals surface area contributed by atoms with Gasteiger partial charge in [0, 0.05) is 23.9 Å². The molecule has 1 aromatic rings. The van der Waals surface area contributed by atoms with Crippen LogP contribution < -0.4 is 5.32 Å². The molecule has 1 N–H and O–H groups in total. The largest absolute Gasteiger partial charge is 0.466 e. The number of nitrogens with one attached hydrogen (secondary N) is 1. The number of thiocarbonyl (C=S) groups is 1. The molecule has 0 amide bonds. The van der Waals surface area contributed by atoms with Crippen molar-refractivity contribution in [3.63, 3.8) is 0 Å². The van der Waals surface area contributed by atoms with Gasteiger partial charge in [0.15, 0.2) is 5.11 Å². The number of benzene rings is 1. The van der Waals surface area contributed by atoms with E-state index in [9.17, 15) is 13.6 Å². The Morgan fingerprint density at radius 1 is 1.52 bits per heavy atom. The predicted octanol–water partition coefficient (Wildman–Crippen LogP) is 2.83. The van der Waals surface area contributed by atoms with Crippen LogP contribution in [0.15, 0.2) is 42.1 Å². The quantitative estimate of drug-likeness (QED) is 0.519. The van der Waals surface area contributed by atoms with Crippen LogP contribution in [-0.2, 0) is 9.53 Å². The molecule has 0 aromatic heterocycles. The lowest BCUT2D eigenvalue weighted by Crippen LogP contribution is -2.48. The van der Waals surface area contributed by atoms with Crippen LogP contribution >= 0.6 is 12.2 Å². The maximum Gasteiger partial charge on any atom is 0.337 e. The topological polar surface area (TPSA) is 41.6 Å². The van der Waals surface area contributed by atoms with Crippen molar-refractivity contribution in [1.29, 1.82) is 0 Å². The zero-order chi connectivity index (χ0) is 17.1. The van der Waals surface area contributed by atoms with Crippen LogP contribution in [0.5, 0.6) is 0 Å². The lowest BCUT2D eigenvalue weighted by atomic mass is 9.94. The number of allylic oxidation sites excluding steroid dienone is 1. The van der Waals surface area contributed by atoms with Crippen LogP contribution in [0.25, 0.3) is 0 Å². The van der Waals surface area contributed by atoms with Gasteiger partial charge in [-0.1, -0.05) is 12.1 Å². The molecule has 1 heterocycles. The predicted molar refractivity (Wildman–Crippen MR) is 86.5 cm³/mol. The van der Waals surface area contributed by atoms with Crippen LogP contribution in [-0.4, -0.2) is 29.6 Å². The Morgan fingerprint density at radius 2 is 2.22 bits per heavy atom. The molecule has 1 atom stereocenters. The average molecular weight is 338 g/mol. The molecule has 2 rings (SSSR count). The van der Waals surface area contributed by atoms with E-state index in [0.717, 1.165) is 12.1 Å². The molecule has 0 saturated heterocycles. The molecule has 0 bridgehead atoms. The Kier molecular flexibility index (Phi) is 5.10. The molecule has 23 heavy (non-hydrogen) atoms. The van der Waals surface area contributed by atoms with Crippen LogP contribution in [0.4, 0.5) is 8.78 Å². The van der Waals surface area contributed by atoms with Crippen molar-refractivity contribution in [1.82, 2.24) is 10.2 Å². The van der Waals surface area contributed by atoms with Crippen LogP contribution in [0.3, 0.4) is 0 Å². The summed E-state index contributed by atoms with van der Waals surface area (Å²) in [6.45, 7) is 5.72. The maximum atomic E-state index is 14.1. The summed E-state index contributed by atoms with van der Waals surface area (Å²) in [5.74, 6) is -2.07. The van der Waals surface area contributed by atoms with Gasteiger partial charge in [0.05, 0.1) is 18.7 Å². The number of methoxy groups -OCH3 is 1. The van der Waals surface area contributed by atoms with Crippen molar-refractivity contribution < 1.29 is 18.3 Å². The Hall–Kier alpha value is -2.28. The Morgan fingerprint density at radius 3 is 2.78 bits per heavy atom. The summed E-state index contributed by atoms with van der Waals surface area (Å²) in [6, 6.07) is 2.32. The highest BCUT2D eigenvalue weighted by Crippen LogP contribution is 2.32. The first-order valence-electron chi connectivity index (χ1n) is 6.83. The van der Waals surface area contributed by atoms with Crippen molar-refractivity contribution in [3.05, 3.63) is 59.3 Å². The number of rotatable bonds is 4. The van der Waals surface area contributed by atoms with E-state index in [4.69, 9.17) is 17.0 Å². The fraction of sp³-hybridized carbons (Fsp3) is 0.250. The van der Waals surface area contributed by atoms with Gasteiger partial charge in [-0.2, -0.15) is 0 Å².